The molecule has 1 aromatic carbocycles. The highest BCUT2D eigenvalue weighted by Crippen LogP contribution is 2.22. The number of carbonyl (C=O) groups is 1. The molecule has 4 nitrogen and oxygen atoms in total. The van der Waals surface area contributed by atoms with Crippen molar-refractivity contribution in [1.82, 2.24) is 15.2 Å². The number of hydrogen-bond acceptors (Lipinski definition) is 4. The topological polar surface area (TPSA) is 45.2 Å². The summed E-state index contributed by atoms with van der Waals surface area (Å²) >= 11 is 1.63. The van der Waals surface area contributed by atoms with Gasteiger partial charge in [-0.3, -0.25) is 4.79 Å². The predicted octanol–water partition coefficient (Wildman–Crippen LogP) is 2.97. The minimum atomic E-state index is 0.260. The number of nitrogens with zero attached hydrogens (tertiary/aromatic N) is 2. The Morgan fingerprint density at radius 1 is 1.22 bits per heavy atom. The number of aromatic nitrogens is 1. The largest absolute Gasteiger partial charge is 0.342 e. The summed E-state index contributed by atoms with van der Waals surface area (Å²) in [4.78, 5) is 18.9. The van der Waals surface area contributed by atoms with Crippen LogP contribution in [0.5, 0.6) is 0 Å². The zero-order valence-corrected chi connectivity index (χ0v) is 14.1. The molecule has 1 aliphatic heterocycles. The summed E-state index contributed by atoms with van der Waals surface area (Å²) in [6.45, 7) is 1.79. The maximum atomic E-state index is 12.5. The smallest absolute Gasteiger partial charge is 0.226 e. The third-order valence-electron chi connectivity index (χ3n) is 5.18. The second kappa shape index (κ2) is 6.57. The van der Waals surface area contributed by atoms with E-state index in [4.69, 9.17) is 0 Å². The number of fused-ring (bicyclic) bond motifs is 1. The minimum Gasteiger partial charge on any atom is -0.342 e. The van der Waals surface area contributed by atoms with Crippen molar-refractivity contribution in [3.8, 4) is 0 Å². The lowest BCUT2D eigenvalue weighted by atomic mass is 9.91. The summed E-state index contributed by atoms with van der Waals surface area (Å²) in [5, 5.41) is 3.74. The van der Waals surface area contributed by atoms with E-state index in [2.05, 4.69) is 16.4 Å². The molecule has 1 saturated heterocycles. The van der Waals surface area contributed by atoms with Crippen molar-refractivity contribution in [3.05, 3.63) is 29.3 Å². The van der Waals surface area contributed by atoms with Crippen molar-refractivity contribution < 1.29 is 4.79 Å². The van der Waals surface area contributed by atoms with Crippen LogP contribution in [0.2, 0.25) is 0 Å². The number of hydrogen-bond donors (Lipinski definition) is 1. The maximum Gasteiger partial charge on any atom is 0.226 e. The molecule has 2 aliphatic rings. The first kappa shape index (κ1) is 15.1. The Balaban J connectivity index is 1.30. The fourth-order valence-corrected chi connectivity index (χ4v) is 4.24. The van der Waals surface area contributed by atoms with Crippen molar-refractivity contribution >= 4 is 27.5 Å². The molecule has 2 aromatic rings. The van der Waals surface area contributed by atoms with Crippen LogP contribution in [0.1, 0.15) is 37.7 Å². The van der Waals surface area contributed by atoms with Gasteiger partial charge in [-0.1, -0.05) is 12.5 Å². The van der Waals surface area contributed by atoms with Crippen molar-refractivity contribution in [2.45, 2.75) is 50.6 Å². The van der Waals surface area contributed by atoms with E-state index in [1.54, 1.807) is 11.3 Å². The van der Waals surface area contributed by atoms with Gasteiger partial charge >= 0.3 is 0 Å². The SMILES string of the molecule is O=C(Cc1ccc2ncsc2c1)N1CCC(NC2CCC2)CC1. The molecule has 1 amide bonds. The Morgan fingerprint density at radius 3 is 2.74 bits per heavy atom. The van der Waals surface area contributed by atoms with Gasteiger partial charge in [0, 0.05) is 25.2 Å². The third-order valence-corrected chi connectivity index (χ3v) is 5.97. The van der Waals surface area contributed by atoms with E-state index < -0.39 is 0 Å². The highest BCUT2D eigenvalue weighted by molar-refractivity contribution is 7.16. The third kappa shape index (κ3) is 3.40. The zero-order chi connectivity index (χ0) is 15.6. The molecule has 0 bridgehead atoms. The average molecular weight is 329 g/mol. The Bertz CT molecular complexity index is 686. The van der Waals surface area contributed by atoms with Crippen LogP contribution in [0.25, 0.3) is 10.2 Å². The Hall–Kier alpha value is -1.46. The highest BCUT2D eigenvalue weighted by Gasteiger charge is 2.26. The number of piperidine rings is 1. The van der Waals surface area contributed by atoms with Crippen LogP contribution in [0.15, 0.2) is 23.7 Å². The first-order valence-electron chi connectivity index (χ1n) is 8.64. The van der Waals surface area contributed by atoms with Crippen LogP contribution < -0.4 is 5.32 Å². The summed E-state index contributed by atoms with van der Waals surface area (Å²) < 4.78 is 1.17. The lowest BCUT2D eigenvalue weighted by Crippen LogP contribution is -2.49. The quantitative estimate of drug-likeness (QED) is 0.938. The zero-order valence-electron chi connectivity index (χ0n) is 13.3. The molecule has 1 saturated carbocycles. The molecule has 122 valence electrons. The van der Waals surface area contributed by atoms with Crippen LogP contribution in [0.3, 0.4) is 0 Å². The molecule has 2 fully saturated rings. The highest BCUT2D eigenvalue weighted by atomic mass is 32.1. The van der Waals surface area contributed by atoms with E-state index in [9.17, 15) is 4.79 Å². The van der Waals surface area contributed by atoms with Crippen LogP contribution in [0.4, 0.5) is 0 Å². The van der Waals surface area contributed by atoms with E-state index in [0.29, 0.717) is 12.5 Å². The van der Waals surface area contributed by atoms with Gasteiger partial charge in [-0.15, -0.1) is 11.3 Å². The van der Waals surface area contributed by atoms with Gasteiger partial charge < -0.3 is 10.2 Å². The molecular weight excluding hydrogens is 306 g/mol. The van der Waals surface area contributed by atoms with Gasteiger partial charge in [-0.2, -0.15) is 0 Å². The second-order valence-electron chi connectivity index (χ2n) is 6.78. The number of rotatable bonds is 4. The van der Waals surface area contributed by atoms with Gasteiger partial charge in [-0.25, -0.2) is 4.98 Å². The first-order valence-corrected chi connectivity index (χ1v) is 9.52. The molecule has 0 radical (unpaired) electrons. The lowest BCUT2D eigenvalue weighted by molar-refractivity contribution is -0.131. The number of carbonyl (C=O) groups excluding carboxylic acids is 1. The lowest BCUT2D eigenvalue weighted by Gasteiger charge is -2.37. The van der Waals surface area contributed by atoms with Gasteiger partial charge in [0.15, 0.2) is 0 Å². The summed E-state index contributed by atoms with van der Waals surface area (Å²) in [7, 11) is 0. The summed E-state index contributed by atoms with van der Waals surface area (Å²) in [5.41, 5.74) is 3.98. The van der Waals surface area contributed by atoms with E-state index in [0.717, 1.165) is 43.1 Å². The molecular formula is C18H23N3OS. The van der Waals surface area contributed by atoms with Gasteiger partial charge in [-0.05, 0) is 43.4 Å². The van der Waals surface area contributed by atoms with Crippen molar-refractivity contribution in [3.63, 3.8) is 0 Å². The molecule has 0 unspecified atom stereocenters. The maximum absolute atomic E-state index is 12.5. The van der Waals surface area contributed by atoms with Crippen LogP contribution in [0, 0.1) is 0 Å². The van der Waals surface area contributed by atoms with Gasteiger partial charge in [0.05, 0.1) is 22.1 Å². The number of likely N-dealkylation sites (tertiary alicyclic amines) is 1. The molecule has 0 atom stereocenters. The normalized spacial score (nSPS) is 19.9. The fraction of sp³-hybridized carbons (Fsp3) is 0.556. The van der Waals surface area contributed by atoms with E-state index in [1.807, 2.05) is 22.5 Å². The standard InChI is InChI=1S/C18H23N3OS/c22-18(11-13-4-5-16-17(10-13)23-12-19-16)21-8-6-15(7-9-21)20-14-2-1-3-14/h4-5,10,12,14-15,20H,1-3,6-9,11H2. The van der Waals surface area contributed by atoms with Gasteiger partial charge in [0.1, 0.15) is 0 Å². The molecule has 1 N–H and O–H groups in total. The Kier molecular flexibility index (Phi) is 4.31. The Labute approximate surface area is 140 Å². The molecule has 4 rings (SSSR count). The summed E-state index contributed by atoms with van der Waals surface area (Å²) in [6.07, 6.45) is 6.73. The van der Waals surface area contributed by atoms with Crippen molar-refractivity contribution in [1.29, 1.82) is 0 Å². The predicted molar refractivity (Wildman–Crippen MR) is 93.7 cm³/mol. The van der Waals surface area contributed by atoms with E-state index in [1.165, 1.54) is 24.0 Å². The number of nitrogens with one attached hydrogen (secondary N) is 1. The van der Waals surface area contributed by atoms with E-state index >= 15 is 0 Å². The summed E-state index contributed by atoms with van der Waals surface area (Å²) in [5.74, 6) is 0.260. The molecule has 5 heteroatoms. The van der Waals surface area contributed by atoms with Gasteiger partial charge in [0.25, 0.3) is 0 Å². The molecule has 1 aromatic heterocycles. The van der Waals surface area contributed by atoms with Crippen molar-refractivity contribution in [2.24, 2.45) is 0 Å². The summed E-state index contributed by atoms with van der Waals surface area (Å²) in [6, 6.07) is 7.51. The van der Waals surface area contributed by atoms with Gasteiger partial charge in [0.2, 0.25) is 5.91 Å². The molecule has 2 heterocycles. The van der Waals surface area contributed by atoms with E-state index in [-0.39, 0.29) is 5.91 Å². The number of benzene rings is 1. The first-order chi connectivity index (χ1) is 11.3. The fourth-order valence-electron chi connectivity index (χ4n) is 3.50. The molecule has 0 spiro atoms. The van der Waals surface area contributed by atoms with Crippen LogP contribution >= 0.6 is 11.3 Å². The molecule has 23 heavy (non-hydrogen) atoms. The van der Waals surface area contributed by atoms with Crippen LogP contribution in [-0.2, 0) is 11.2 Å². The Morgan fingerprint density at radius 2 is 2.00 bits per heavy atom. The van der Waals surface area contributed by atoms with Crippen LogP contribution in [-0.4, -0.2) is 41.0 Å². The minimum absolute atomic E-state index is 0.260. The average Bonchev–Trinajstić information content (AvgIpc) is 2.99. The monoisotopic (exact) mass is 329 g/mol. The number of amides is 1. The second-order valence-corrected chi connectivity index (χ2v) is 7.67. The number of thiazole rings is 1. The van der Waals surface area contributed by atoms with Crippen molar-refractivity contribution in [2.75, 3.05) is 13.1 Å². The molecule has 1 aliphatic carbocycles.